The van der Waals surface area contributed by atoms with Crippen LogP contribution in [0.2, 0.25) is 0 Å². The number of unbranched alkanes of at least 4 members (excludes halogenated alkanes) is 33. The third-order valence-corrected chi connectivity index (χ3v) is 11.5. The van der Waals surface area contributed by atoms with Gasteiger partial charge in [-0.3, -0.25) is 4.79 Å². The van der Waals surface area contributed by atoms with E-state index >= 15 is 0 Å². The van der Waals surface area contributed by atoms with Crippen LogP contribution < -0.4 is 5.32 Å². The maximum Gasteiger partial charge on any atom is 0.249 e. The molecule has 0 rings (SSSR count). The molecule has 0 spiro atoms. The molecule has 0 aromatic rings. The lowest BCUT2D eigenvalue weighted by Gasteiger charge is -2.27. The van der Waals surface area contributed by atoms with Gasteiger partial charge in [0.1, 0.15) is 12.2 Å². The molecule has 0 heterocycles. The zero-order valence-corrected chi connectivity index (χ0v) is 36.2. The molecule has 6 heteroatoms. The third-order valence-electron chi connectivity index (χ3n) is 11.5. The molecule has 0 saturated carbocycles. The zero-order chi connectivity index (χ0) is 39.6. The molecule has 0 aliphatic rings. The van der Waals surface area contributed by atoms with Crippen molar-refractivity contribution in [1.82, 2.24) is 5.32 Å². The Morgan fingerprint density at radius 1 is 0.444 bits per heavy atom. The quantitative estimate of drug-likeness (QED) is 0.0313. The van der Waals surface area contributed by atoms with Crippen molar-refractivity contribution in [2.75, 3.05) is 6.61 Å². The zero-order valence-electron chi connectivity index (χ0n) is 36.2. The Hall–Kier alpha value is -0.950. The lowest BCUT2D eigenvalue weighted by atomic mass is 9.99. The second-order valence-electron chi connectivity index (χ2n) is 16.8. The van der Waals surface area contributed by atoms with Gasteiger partial charge < -0.3 is 25.7 Å². The lowest BCUT2D eigenvalue weighted by Crippen LogP contribution is -2.53. The summed E-state index contributed by atoms with van der Waals surface area (Å²) in [5.74, 6) is -0.583. The van der Waals surface area contributed by atoms with Crippen molar-refractivity contribution in [3.8, 4) is 0 Å². The molecule has 0 saturated heterocycles. The van der Waals surface area contributed by atoms with E-state index in [9.17, 15) is 25.2 Å². The predicted octanol–water partition coefficient (Wildman–Crippen LogP) is 13.0. The van der Waals surface area contributed by atoms with E-state index in [0.29, 0.717) is 12.8 Å². The van der Waals surface area contributed by atoms with Crippen molar-refractivity contribution in [2.24, 2.45) is 0 Å². The van der Waals surface area contributed by atoms with Crippen molar-refractivity contribution in [3.05, 3.63) is 12.2 Å². The second kappa shape index (κ2) is 43.2. The summed E-state index contributed by atoms with van der Waals surface area (Å²) in [5.41, 5.74) is 0. The molecule has 0 bridgehead atoms. The Bertz CT molecular complexity index is 776. The number of allylic oxidation sites excluding steroid dienone is 2. The van der Waals surface area contributed by atoms with E-state index in [0.717, 1.165) is 38.5 Å². The molecule has 6 nitrogen and oxygen atoms in total. The minimum Gasteiger partial charge on any atom is -0.394 e. The van der Waals surface area contributed by atoms with Gasteiger partial charge in [0.05, 0.1) is 18.8 Å². The number of aliphatic hydroxyl groups is 4. The van der Waals surface area contributed by atoms with Gasteiger partial charge in [0.25, 0.3) is 0 Å². The number of carbonyl (C=O) groups is 1. The van der Waals surface area contributed by atoms with Crippen LogP contribution in [0.4, 0.5) is 0 Å². The van der Waals surface area contributed by atoms with Gasteiger partial charge in [-0.15, -0.1) is 0 Å². The Kier molecular flexibility index (Phi) is 42.4. The first-order chi connectivity index (χ1) is 26.5. The van der Waals surface area contributed by atoms with E-state index in [4.69, 9.17) is 0 Å². The molecule has 4 unspecified atom stereocenters. The number of rotatable bonds is 44. The highest BCUT2D eigenvalue weighted by Crippen LogP contribution is 2.17. The van der Waals surface area contributed by atoms with Gasteiger partial charge in [-0.05, 0) is 38.5 Å². The van der Waals surface area contributed by atoms with E-state index in [1.807, 2.05) is 0 Å². The minimum atomic E-state index is -1.25. The largest absolute Gasteiger partial charge is 0.394 e. The number of amides is 1. The fraction of sp³-hybridized carbons (Fsp3) is 0.938. The van der Waals surface area contributed by atoms with Gasteiger partial charge in [0, 0.05) is 0 Å². The monoisotopic (exact) mass is 766 g/mol. The van der Waals surface area contributed by atoms with Crippen LogP contribution in [-0.4, -0.2) is 57.3 Å². The Labute approximate surface area is 336 Å². The van der Waals surface area contributed by atoms with Crippen LogP contribution in [-0.2, 0) is 4.79 Å². The first-order valence-corrected chi connectivity index (χ1v) is 24.1. The Balaban J connectivity index is 3.58. The summed E-state index contributed by atoms with van der Waals surface area (Å²) in [4.78, 5) is 12.5. The second-order valence-corrected chi connectivity index (χ2v) is 16.8. The summed E-state index contributed by atoms with van der Waals surface area (Å²) in [5, 5.41) is 43.6. The normalized spacial score (nSPS) is 14.1. The highest BCUT2D eigenvalue weighted by molar-refractivity contribution is 5.80. The number of carbonyl (C=O) groups excluding carboxylic acids is 1. The van der Waals surface area contributed by atoms with Crippen LogP contribution in [0.3, 0.4) is 0 Å². The van der Waals surface area contributed by atoms with Gasteiger partial charge in [0.2, 0.25) is 5.91 Å². The van der Waals surface area contributed by atoms with Crippen LogP contribution >= 0.6 is 0 Å². The maximum absolute atomic E-state index is 12.5. The van der Waals surface area contributed by atoms with E-state index in [-0.39, 0.29) is 0 Å². The molecular formula is C48H95NO5. The van der Waals surface area contributed by atoms with Crippen molar-refractivity contribution in [1.29, 1.82) is 0 Å². The smallest absolute Gasteiger partial charge is 0.249 e. The standard InChI is InChI=1S/C48H95NO5/c1-3-5-7-9-11-13-15-16-17-18-19-20-21-22-23-24-25-26-27-28-29-30-31-32-34-36-38-40-42-46(52)48(54)49-44(43-50)47(53)45(51)41-39-37-35-33-14-12-10-8-6-4-2/h22-23,44-47,50-53H,3-21,24-43H2,1-2H3,(H,49,54)/b23-22-. The SMILES string of the molecule is CCCCCCCCCCCCCC/C=C\CCCCCCCCCCCCCCC(O)C(=O)NC(CO)C(O)C(O)CCCCCCCCCCCC. The van der Waals surface area contributed by atoms with E-state index in [1.54, 1.807) is 0 Å². The molecule has 4 atom stereocenters. The highest BCUT2D eigenvalue weighted by Gasteiger charge is 2.28. The van der Waals surface area contributed by atoms with Crippen molar-refractivity contribution in [2.45, 2.75) is 282 Å². The first-order valence-electron chi connectivity index (χ1n) is 24.1. The number of hydrogen-bond donors (Lipinski definition) is 5. The molecule has 54 heavy (non-hydrogen) atoms. The predicted molar refractivity (Wildman–Crippen MR) is 233 cm³/mol. The summed E-state index contributed by atoms with van der Waals surface area (Å²) >= 11 is 0. The van der Waals surface area contributed by atoms with E-state index < -0.39 is 36.9 Å². The average molecular weight is 766 g/mol. The molecule has 0 radical (unpaired) electrons. The molecule has 0 aromatic heterocycles. The molecule has 0 fully saturated rings. The summed E-state index contributed by atoms with van der Waals surface area (Å²) in [6.45, 7) is 4.04. The summed E-state index contributed by atoms with van der Waals surface area (Å²) in [7, 11) is 0. The Morgan fingerprint density at radius 2 is 0.741 bits per heavy atom. The molecule has 1 amide bonds. The van der Waals surface area contributed by atoms with E-state index in [2.05, 4.69) is 31.3 Å². The molecule has 0 aliphatic heterocycles. The molecule has 0 aliphatic carbocycles. The van der Waals surface area contributed by atoms with Gasteiger partial charge >= 0.3 is 0 Å². The maximum atomic E-state index is 12.5. The molecule has 0 aromatic carbocycles. The number of nitrogens with one attached hydrogen (secondary N) is 1. The van der Waals surface area contributed by atoms with Gasteiger partial charge in [0.15, 0.2) is 0 Å². The summed E-state index contributed by atoms with van der Waals surface area (Å²) in [6.07, 6.45) is 48.4. The van der Waals surface area contributed by atoms with Gasteiger partial charge in [-0.2, -0.15) is 0 Å². The average Bonchev–Trinajstić information content (AvgIpc) is 3.18. The van der Waals surface area contributed by atoms with Crippen LogP contribution in [0.25, 0.3) is 0 Å². The number of hydrogen-bond acceptors (Lipinski definition) is 5. The fourth-order valence-corrected chi connectivity index (χ4v) is 7.64. The first kappa shape index (κ1) is 53.0. The van der Waals surface area contributed by atoms with Crippen molar-refractivity contribution in [3.63, 3.8) is 0 Å². The molecule has 322 valence electrons. The van der Waals surface area contributed by atoms with Gasteiger partial charge in [-0.1, -0.05) is 231 Å². The number of aliphatic hydroxyl groups excluding tert-OH is 4. The third kappa shape index (κ3) is 36.7. The highest BCUT2D eigenvalue weighted by atomic mass is 16.3. The van der Waals surface area contributed by atoms with Crippen LogP contribution in [0.15, 0.2) is 12.2 Å². The van der Waals surface area contributed by atoms with Crippen LogP contribution in [0, 0.1) is 0 Å². The van der Waals surface area contributed by atoms with Crippen LogP contribution in [0.5, 0.6) is 0 Å². The topological polar surface area (TPSA) is 110 Å². The molecule has 5 N–H and O–H groups in total. The van der Waals surface area contributed by atoms with Crippen molar-refractivity contribution < 1.29 is 25.2 Å². The van der Waals surface area contributed by atoms with Gasteiger partial charge in [-0.25, -0.2) is 0 Å². The van der Waals surface area contributed by atoms with Crippen molar-refractivity contribution >= 4 is 5.91 Å². The summed E-state index contributed by atoms with van der Waals surface area (Å²) < 4.78 is 0. The minimum absolute atomic E-state index is 0.371. The fourth-order valence-electron chi connectivity index (χ4n) is 7.64. The Morgan fingerprint density at radius 3 is 1.07 bits per heavy atom. The lowest BCUT2D eigenvalue weighted by molar-refractivity contribution is -0.132. The van der Waals surface area contributed by atoms with E-state index in [1.165, 1.54) is 193 Å². The summed E-state index contributed by atoms with van der Waals surface area (Å²) in [6, 6.07) is -0.980. The molecular weight excluding hydrogens is 671 g/mol. The van der Waals surface area contributed by atoms with Crippen LogP contribution in [0.1, 0.15) is 258 Å².